The van der Waals surface area contributed by atoms with Gasteiger partial charge in [-0.3, -0.25) is 4.79 Å². The molecule has 4 heteroatoms. The van der Waals surface area contributed by atoms with Crippen LogP contribution >= 0.6 is 0 Å². The first kappa shape index (κ1) is 23.7. The number of fused-ring (bicyclic) bond motifs is 5. The van der Waals surface area contributed by atoms with Crippen molar-refractivity contribution in [2.24, 2.45) is 52.3 Å². The van der Waals surface area contributed by atoms with Crippen molar-refractivity contribution in [2.45, 2.75) is 111 Å². The fraction of sp³-hybridized carbons (Fsp3) is 0.963. The number of aliphatic hydroxyl groups is 3. The predicted octanol–water partition coefficient (Wildman–Crippen LogP) is 4.59. The molecule has 4 fully saturated rings. The topological polar surface area (TPSA) is 77.8 Å². The van der Waals surface area contributed by atoms with E-state index in [4.69, 9.17) is 0 Å². The van der Waals surface area contributed by atoms with Crippen LogP contribution in [0.5, 0.6) is 0 Å². The summed E-state index contributed by atoms with van der Waals surface area (Å²) in [7, 11) is 0. The van der Waals surface area contributed by atoms with Gasteiger partial charge in [0, 0.05) is 12.3 Å². The average Bonchev–Trinajstić information content (AvgIpc) is 2.98. The Morgan fingerprint density at radius 1 is 0.968 bits per heavy atom. The molecule has 0 aromatic heterocycles. The number of aliphatic hydroxyl groups excluding tert-OH is 3. The molecule has 0 aliphatic heterocycles. The molecule has 3 N–H and O–H groups in total. The van der Waals surface area contributed by atoms with E-state index >= 15 is 0 Å². The number of carbonyl (C=O) groups is 1. The highest BCUT2D eigenvalue weighted by Gasteiger charge is 2.64. The molecule has 0 bridgehead atoms. The van der Waals surface area contributed by atoms with Gasteiger partial charge in [0.05, 0.1) is 18.3 Å². The Morgan fingerprint density at radius 3 is 2.32 bits per heavy atom. The molecule has 31 heavy (non-hydrogen) atoms. The van der Waals surface area contributed by atoms with Crippen molar-refractivity contribution in [3.8, 4) is 0 Å². The molecule has 0 amide bonds. The van der Waals surface area contributed by atoms with Gasteiger partial charge in [-0.25, -0.2) is 0 Å². The van der Waals surface area contributed by atoms with Crippen molar-refractivity contribution in [3.05, 3.63) is 0 Å². The summed E-state index contributed by atoms with van der Waals surface area (Å²) < 4.78 is 0. The Hall–Kier alpha value is -0.450. The van der Waals surface area contributed by atoms with Crippen molar-refractivity contribution in [2.75, 3.05) is 0 Å². The van der Waals surface area contributed by atoms with Gasteiger partial charge in [-0.1, -0.05) is 34.6 Å². The van der Waals surface area contributed by atoms with Crippen LogP contribution in [-0.4, -0.2) is 39.4 Å². The quantitative estimate of drug-likeness (QED) is 0.591. The molecule has 0 spiro atoms. The Bertz CT molecular complexity index is 676. The van der Waals surface area contributed by atoms with Gasteiger partial charge in [0.25, 0.3) is 0 Å². The minimum atomic E-state index is -0.394. The third-order valence-electron chi connectivity index (χ3n) is 10.9. The molecule has 4 aliphatic carbocycles. The fourth-order valence-electron chi connectivity index (χ4n) is 8.94. The summed E-state index contributed by atoms with van der Waals surface area (Å²) in [6.45, 7) is 11.1. The fourth-order valence-corrected chi connectivity index (χ4v) is 8.94. The summed E-state index contributed by atoms with van der Waals surface area (Å²) in [5, 5.41) is 31.7. The van der Waals surface area contributed by atoms with Gasteiger partial charge in [0.15, 0.2) is 0 Å². The van der Waals surface area contributed by atoms with E-state index in [1.54, 1.807) is 0 Å². The smallest absolute Gasteiger partial charge is 0.137 e. The van der Waals surface area contributed by atoms with Crippen LogP contribution in [0.3, 0.4) is 0 Å². The minimum Gasteiger partial charge on any atom is -0.393 e. The van der Waals surface area contributed by atoms with Crippen LogP contribution < -0.4 is 0 Å². The molecular formula is C27H46O4. The van der Waals surface area contributed by atoms with Gasteiger partial charge in [0.2, 0.25) is 0 Å². The van der Waals surface area contributed by atoms with Crippen LogP contribution in [0.2, 0.25) is 0 Å². The van der Waals surface area contributed by atoms with E-state index in [2.05, 4.69) is 34.6 Å². The largest absolute Gasteiger partial charge is 0.393 e. The van der Waals surface area contributed by atoms with Crippen LogP contribution in [0.15, 0.2) is 0 Å². The Labute approximate surface area is 189 Å². The zero-order valence-corrected chi connectivity index (χ0v) is 20.4. The first-order chi connectivity index (χ1) is 14.5. The summed E-state index contributed by atoms with van der Waals surface area (Å²) in [5.74, 6) is 2.57. The molecule has 4 nitrogen and oxygen atoms in total. The Balaban J connectivity index is 1.54. The first-order valence-corrected chi connectivity index (χ1v) is 13.1. The van der Waals surface area contributed by atoms with Gasteiger partial charge in [-0.15, -0.1) is 0 Å². The lowest BCUT2D eigenvalue weighted by molar-refractivity contribution is -0.175. The van der Waals surface area contributed by atoms with Crippen molar-refractivity contribution < 1.29 is 20.1 Å². The van der Waals surface area contributed by atoms with E-state index in [1.807, 2.05) is 0 Å². The number of ketones is 1. The van der Waals surface area contributed by atoms with Crippen molar-refractivity contribution in [1.82, 2.24) is 0 Å². The maximum absolute atomic E-state index is 13.5. The predicted molar refractivity (Wildman–Crippen MR) is 122 cm³/mol. The monoisotopic (exact) mass is 434 g/mol. The lowest BCUT2D eigenvalue weighted by atomic mass is 9.43. The normalized spacial score (nSPS) is 49.3. The number of hydrogen-bond acceptors (Lipinski definition) is 4. The highest BCUT2D eigenvalue weighted by Crippen LogP contribution is 2.67. The average molecular weight is 435 g/mol. The lowest BCUT2D eigenvalue weighted by Gasteiger charge is -2.61. The number of carbonyl (C=O) groups excluding carboxylic acids is 1. The zero-order valence-electron chi connectivity index (χ0n) is 20.4. The molecule has 1 unspecified atom stereocenters. The molecule has 4 aliphatic rings. The molecule has 4 rings (SSSR count). The Morgan fingerprint density at radius 2 is 1.65 bits per heavy atom. The van der Waals surface area contributed by atoms with Crippen LogP contribution in [0.1, 0.15) is 92.4 Å². The second-order valence-electron chi connectivity index (χ2n) is 12.8. The second kappa shape index (κ2) is 8.40. The number of Topliss-reactive ketones (excluding diaryl/α,β-unsaturated/α-hetero) is 1. The highest BCUT2D eigenvalue weighted by atomic mass is 16.3. The van der Waals surface area contributed by atoms with E-state index in [0.29, 0.717) is 36.4 Å². The third-order valence-corrected chi connectivity index (χ3v) is 10.9. The SMILES string of the molecule is CC(C)[C@@H](O)CC[C@@H](C)[C@H]1CC(=O)[C@H]2C3C[C@@H](O)[C@H]4C[C@@H](O)CC[C@]4(C)[C@H]3CC[C@]12C. The molecule has 178 valence electrons. The summed E-state index contributed by atoms with van der Waals surface area (Å²) in [6, 6.07) is 0. The van der Waals surface area contributed by atoms with Gasteiger partial charge < -0.3 is 15.3 Å². The third kappa shape index (κ3) is 3.83. The summed E-state index contributed by atoms with van der Waals surface area (Å²) in [5.41, 5.74) is 0.0752. The molecular weight excluding hydrogens is 388 g/mol. The van der Waals surface area contributed by atoms with Crippen LogP contribution in [-0.2, 0) is 4.79 Å². The second-order valence-corrected chi connectivity index (χ2v) is 12.8. The molecule has 4 saturated carbocycles. The first-order valence-electron chi connectivity index (χ1n) is 13.1. The van der Waals surface area contributed by atoms with E-state index < -0.39 is 6.10 Å². The standard InChI is InChI=1S/C27H46O4/c1-15(2)22(29)7-6-16(3)20-14-24(31)25-18-13-23(30)21-12-17(28)8-10-26(21,4)19(18)9-11-27(20,25)5/h15-23,25,28-30H,6-14H2,1-5H3/t16-,17+,18?,19+,20-,21-,22+,23-,25-,26-,27-/m1/s1. The summed E-state index contributed by atoms with van der Waals surface area (Å²) in [6.07, 6.45) is 7.05. The molecule has 0 saturated heterocycles. The van der Waals surface area contributed by atoms with E-state index in [9.17, 15) is 20.1 Å². The van der Waals surface area contributed by atoms with Crippen molar-refractivity contribution in [1.29, 1.82) is 0 Å². The summed E-state index contributed by atoms with van der Waals surface area (Å²) >= 11 is 0. The molecule has 0 aromatic carbocycles. The minimum absolute atomic E-state index is 0.0253. The van der Waals surface area contributed by atoms with Crippen molar-refractivity contribution in [3.63, 3.8) is 0 Å². The highest BCUT2D eigenvalue weighted by molar-refractivity contribution is 5.85. The molecule has 0 heterocycles. The van der Waals surface area contributed by atoms with Gasteiger partial charge in [-0.2, -0.15) is 0 Å². The van der Waals surface area contributed by atoms with Crippen LogP contribution in [0.25, 0.3) is 0 Å². The number of rotatable bonds is 5. The number of hydrogen-bond donors (Lipinski definition) is 3. The maximum atomic E-state index is 13.5. The maximum Gasteiger partial charge on any atom is 0.137 e. The zero-order chi connectivity index (χ0) is 22.7. The Kier molecular flexibility index (Phi) is 6.42. The van der Waals surface area contributed by atoms with E-state index in [0.717, 1.165) is 44.9 Å². The summed E-state index contributed by atoms with van der Waals surface area (Å²) in [4.78, 5) is 13.5. The van der Waals surface area contributed by atoms with Gasteiger partial charge in [0.1, 0.15) is 5.78 Å². The molecule has 0 aromatic rings. The van der Waals surface area contributed by atoms with E-state index in [1.165, 1.54) is 0 Å². The molecule has 11 atom stereocenters. The van der Waals surface area contributed by atoms with Crippen LogP contribution in [0.4, 0.5) is 0 Å². The van der Waals surface area contributed by atoms with Gasteiger partial charge in [-0.05, 0) is 97.7 Å². The lowest BCUT2D eigenvalue weighted by Crippen LogP contribution is -2.59. The van der Waals surface area contributed by atoms with E-state index in [-0.39, 0.29) is 46.7 Å². The van der Waals surface area contributed by atoms with Crippen molar-refractivity contribution >= 4 is 5.78 Å². The van der Waals surface area contributed by atoms with Gasteiger partial charge >= 0.3 is 0 Å². The molecule has 0 radical (unpaired) electrons. The van der Waals surface area contributed by atoms with Crippen LogP contribution in [0, 0.1) is 52.3 Å².